The Bertz CT molecular complexity index is 1010. The van der Waals surface area contributed by atoms with Gasteiger partial charge in [-0.2, -0.15) is 4.39 Å². The van der Waals surface area contributed by atoms with Crippen molar-refractivity contribution in [3.63, 3.8) is 0 Å². The maximum Gasteiger partial charge on any atom is 0.214 e. The molecule has 2 aliphatic rings. The predicted octanol–water partition coefficient (Wildman–Crippen LogP) is 5.24. The number of allylic oxidation sites excluding steroid dienone is 2. The first-order chi connectivity index (χ1) is 12.7. The minimum absolute atomic E-state index is 0.134. The Hall–Kier alpha value is -2.75. The van der Waals surface area contributed by atoms with Gasteiger partial charge in [-0.25, -0.2) is 4.98 Å². The zero-order valence-electron chi connectivity index (χ0n) is 15.9. The van der Waals surface area contributed by atoms with Gasteiger partial charge >= 0.3 is 0 Å². The highest BCUT2D eigenvalue weighted by molar-refractivity contribution is 6.02. The lowest BCUT2D eigenvalue weighted by molar-refractivity contribution is -0.118. The van der Waals surface area contributed by atoms with Crippen LogP contribution in [-0.2, 0) is 10.2 Å². The third kappa shape index (κ3) is 2.71. The van der Waals surface area contributed by atoms with Crippen molar-refractivity contribution in [2.75, 3.05) is 5.32 Å². The number of ketones is 1. The van der Waals surface area contributed by atoms with Crippen LogP contribution in [0.5, 0.6) is 0 Å². The molecule has 2 heterocycles. The van der Waals surface area contributed by atoms with E-state index in [0.717, 1.165) is 34.4 Å². The first-order valence-electron chi connectivity index (χ1n) is 9.18. The normalized spacial score (nSPS) is 23.3. The Morgan fingerprint density at radius 2 is 1.96 bits per heavy atom. The molecule has 0 saturated heterocycles. The highest BCUT2D eigenvalue weighted by Gasteiger charge is 2.48. The third-order valence-electron chi connectivity index (χ3n) is 5.74. The zero-order valence-corrected chi connectivity index (χ0v) is 15.9. The van der Waals surface area contributed by atoms with Gasteiger partial charge in [0.15, 0.2) is 5.78 Å². The first-order valence-corrected chi connectivity index (χ1v) is 9.18. The van der Waals surface area contributed by atoms with Crippen LogP contribution < -0.4 is 5.32 Å². The second-order valence-electron chi connectivity index (χ2n) is 8.40. The van der Waals surface area contributed by atoms with E-state index >= 15 is 0 Å². The molecule has 0 radical (unpaired) electrons. The number of Topliss-reactive ketones (excluding diaryl/α,β-unsaturated/α-hetero) is 1. The molecule has 0 fully saturated rings. The van der Waals surface area contributed by atoms with Gasteiger partial charge in [-0.1, -0.05) is 50.8 Å². The quantitative estimate of drug-likeness (QED) is 0.743. The van der Waals surface area contributed by atoms with Crippen LogP contribution >= 0.6 is 0 Å². The van der Waals surface area contributed by atoms with Crippen LogP contribution in [0.15, 0.2) is 54.2 Å². The third-order valence-corrected chi connectivity index (χ3v) is 5.74. The summed E-state index contributed by atoms with van der Waals surface area (Å²) in [6.45, 7) is 10.1. The molecule has 4 heteroatoms. The highest BCUT2D eigenvalue weighted by Crippen LogP contribution is 2.52. The van der Waals surface area contributed by atoms with Gasteiger partial charge in [-0.3, -0.25) is 4.79 Å². The Balaban J connectivity index is 2.03. The van der Waals surface area contributed by atoms with E-state index in [-0.39, 0.29) is 11.2 Å². The van der Waals surface area contributed by atoms with Crippen LogP contribution in [0.4, 0.5) is 10.2 Å². The molecule has 1 N–H and O–H groups in total. The summed E-state index contributed by atoms with van der Waals surface area (Å²) in [6.07, 6.45) is 3.01. The second-order valence-corrected chi connectivity index (χ2v) is 8.40. The fraction of sp³-hybridized carbons (Fsp3) is 0.304. The SMILES string of the molecule is C=Cc1cccc(C2(C)C3=C(CC(C)(C)CC3=O)Nc3nc(F)ccc32)c1. The largest absolute Gasteiger partial charge is 0.343 e. The number of halogens is 1. The van der Waals surface area contributed by atoms with E-state index in [4.69, 9.17) is 0 Å². The van der Waals surface area contributed by atoms with E-state index in [9.17, 15) is 9.18 Å². The predicted molar refractivity (Wildman–Crippen MR) is 106 cm³/mol. The summed E-state index contributed by atoms with van der Waals surface area (Å²) in [7, 11) is 0. The number of benzene rings is 1. The van der Waals surface area contributed by atoms with Crippen LogP contribution in [0.2, 0.25) is 0 Å². The standard InChI is InChI=1S/C23H23FN2O/c1-5-14-7-6-8-15(11-14)23(4)16-9-10-19(24)26-21(16)25-17-12-22(2,3)13-18(27)20(17)23/h5-11H,1,12-13H2,2-4H3,(H,25,26). The molecular weight excluding hydrogens is 339 g/mol. The molecule has 1 atom stereocenters. The summed E-state index contributed by atoms with van der Waals surface area (Å²) >= 11 is 0. The lowest BCUT2D eigenvalue weighted by atomic mass is 9.62. The molecule has 1 aromatic heterocycles. The average molecular weight is 362 g/mol. The molecule has 2 aromatic rings. The summed E-state index contributed by atoms with van der Waals surface area (Å²) < 4.78 is 13.9. The number of nitrogens with one attached hydrogen (secondary N) is 1. The number of fused-ring (bicyclic) bond motifs is 1. The van der Waals surface area contributed by atoms with Gasteiger partial charge in [-0.15, -0.1) is 0 Å². The molecule has 0 saturated carbocycles. The molecule has 1 aliphatic carbocycles. The molecule has 0 spiro atoms. The van der Waals surface area contributed by atoms with Crippen LogP contribution in [-0.4, -0.2) is 10.8 Å². The van der Waals surface area contributed by atoms with Crippen LogP contribution in [0.25, 0.3) is 6.08 Å². The van der Waals surface area contributed by atoms with Gasteiger partial charge < -0.3 is 5.32 Å². The minimum atomic E-state index is -0.691. The molecule has 1 aromatic carbocycles. The molecule has 0 amide bonds. The Kier molecular flexibility index (Phi) is 3.84. The summed E-state index contributed by atoms with van der Waals surface area (Å²) in [5, 5.41) is 3.27. The Labute approximate surface area is 159 Å². The minimum Gasteiger partial charge on any atom is -0.343 e. The van der Waals surface area contributed by atoms with Crippen molar-refractivity contribution >= 4 is 17.7 Å². The molecule has 4 rings (SSSR count). The smallest absolute Gasteiger partial charge is 0.214 e. The van der Waals surface area contributed by atoms with Gasteiger partial charge in [0.05, 0.1) is 5.41 Å². The number of pyridine rings is 1. The second kappa shape index (κ2) is 5.88. The van der Waals surface area contributed by atoms with Crippen molar-refractivity contribution in [3.05, 3.63) is 76.9 Å². The van der Waals surface area contributed by atoms with Crippen molar-refractivity contribution in [3.8, 4) is 0 Å². The Morgan fingerprint density at radius 1 is 1.19 bits per heavy atom. The molecule has 138 valence electrons. The average Bonchev–Trinajstić information content (AvgIpc) is 2.59. The molecule has 0 bridgehead atoms. The number of hydrogen-bond acceptors (Lipinski definition) is 3. The van der Waals surface area contributed by atoms with E-state index < -0.39 is 11.4 Å². The number of anilines is 1. The van der Waals surface area contributed by atoms with Gasteiger partial charge in [0.1, 0.15) is 5.82 Å². The Morgan fingerprint density at radius 3 is 2.70 bits per heavy atom. The number of nitrogens with zero attached hydrogens (tertiary/aromatic N) is 1. The van der Waals surface area contributed by atoms with E-state index in [1.54, 1.807) is 12.1 Å². The fourth-order valence-electron chi connectivity index (χ4n) is 4.50. The van der Waals surface area contributed by atoms with E-state index in [2.05, 4.69) is 30.7 Å². The number of rotatable bonds is 2. The maximum atomic E-state index is 13.9. The molecule has 1 aliphatic heterocycles. The van der Waals surface area contributed by atoms with Crippen LogP contribution in [0.1, 0.15) is 50.3 Å². The monoisotopic (exact) mass is 362 g/mol. The van der Waals surface area contributed by atoms with Crippen molar-refractivity contribution in [2.24, 2.45) is 5.41 Å². The summed E-state index contributed by atoms with van der Waals surface area (Å²) in [6, 6.07) is 11.1. The maximum absolute atomic E-state index is 13.9. The number of aromatic nitrogens is 1. The van der Waals surface area contributed by atoms with E-state index in [1.165, 1.54) is 6.07 Å². The lowest BCUT2D eigenvalue weighted by Gasteiger charge is -2.44. The van der Waals surface area contributed by atoms with E-state index in [0.29, 0.717) is 12.2 Å². The zero-order chi connectivity index (χ0) is 19.4. The van der Waals surface area contributed by atoms with Gasteiger partial charge in [0.2, 0.25) is 5.95 Å². The number of hydrogen-bond donors (Lipinski definition) is 1. The number of carbonyl (C=O) groups is 1. The molecule has 27 heavy (non-hydrogen) atoms. The lowest BCUT2D eigenvalue weighted by Crippen LogP contribution is -2.42. The van der Waals surface area contributed by atoms with Crippen molar-refractivity contribution < 1.29 is 9.18 Å². The summed E-state index contributed by atoms with van der Waals surface area (Å²) in [5.74, 6) is 0.0925. The first kappa shape index (κ1) is 17.7. The van der Waals surface area contributed by atoms with Gasteiger partial charge in [-0.05, 0) is 42.0 Å². The highest BCUT2D eigenvalue weighted by atomic mass is 19.1. The molecule has 1 unspecified atom stereocenters. The van der Waals surface area contributed by atoms with E-state index in [1.807, 2.05) is 31.2 Å². The summed E-state index contributed by atoms with van der Waals surface area (Å²) in [5.41, 5.74) is 3.57. The van der Waals surface area contributed by atoms with Gasteiger partial charge in [0, 0.05) is 23.3 Å². The molecular formula is C23H23FN2O. The molecule has 3 nitrogen and oxygen atoms in total. The van der Waals surface area contributed by atoms with Crippen molar-refractivity contribution in [1.29, 1.82) is 0 Å². The van der Waals surface area contributed by atoms with Crippen LogP contribution in [0, 0.1) is 11.4 Å². The van der Waals surface area contributed by atoms with Crippen molar-refractivity contribution in [1.82, 2.24) is 4.98 Å². The van der Waals surface area contributed by atoms with Crippen molar-refractivity contribution in [2.45, 2.75) is 39.0 Å². The van der Waals surface area contributed by atoms with Gasteiger partial charge in [0.25, 0.3) is 0 Å². The summed E-state index contributed by atoms with van der Waals surface area (Å²) in [4.78, 5) is 17.3. The number of carbonyl (C=O) groups excluding carboxylic acids is 1. The van der Waals surface area contributed by atoms with Crippen LogP contribution in [0.3, 0.4) is 0 Å². The topological polar surface area (TPSA) is 42.0 Å². The fourth-order valence-corrected chi connectivity index (χ4v) is 4.50.